The normalized spacial score (nSPS) is 22.1. The fourth-order valence-electron chi connectivity index (χ4n) is 3.31. The van der Waals surface area contributed by atoms with E-state index in [4.69, 9.17) is 4.74 Å². The third-order valence-corrected chi connectivity index (χ3v) is 4.93. The van der Waals surface area contributed by atoms with Crippen LogP contribution in [0.25, 0.3) is 5.82 Å². The van der Waals surface area contributed by atoms with Crippen molar-refractivity contribution in [2.24, 2.45) is 0 Å². The molecule has 2 unspecified atom stereocenters. The maximum Gasteiger partial charge on any atom is 0.267 e. The van der Waals surface area contributed by atoms with Gasteiger partial charge >= 0.3 is 0 Å². The molecule has 2 atom stereocenters. The number of nitrogens with one attached hydrogen (secondary N) is 1. The first-order valence-electron chi connectivity index (χ1n) is 9.06. The number of hydrogen-bond donors (Lipinski definition) is 1. The van der Waals surface area contributed by atoms with Gasteiger partial charge in [-0.3, -0.25) is 4.79 Å². The minimum atomic E-state index is -0.238. The van der Waals surface area contributed by atoms with E-state index in [-0.39, 0.29) is 17.6 Å². The van der Waals surface area contributed by atoms with Gasteiger partial charge in [-0.2, -0.15) is 10.2 Å². The van der Waals surface area contributed by atoms with Gasteiger partial charge in [-0.1, -0.05) is 0 Å². The molecule has 1 saturated carbocycles. The first-order chi connectivity index (χ1) is 13.3. The van der Waals surface area contributed by atoms with E-state index >= 15 is 0 Å². The quantitative estimate of drug-likeness (QED) is 0.724. The fraction of sp³-hybridized carbons (Fsp3) is 0.389. The highest BCUT2D eigenvalue weighted by atomic mass is 16.5. The highest BCUT2D eigenvalue weighted by Gasteiger charge is 2.32. The van der Waals surface area contributed by atoms with Crippen LogP contribution >= 0.6 is 0 Å². The van der Waals surface area contributed by atoms with Crippen molar-refractivity contribution in [2.45, 2.75) is 30.8 Å². The molecule has 1 saturated heterocycles. The highest BCUT2D eigenvalue weighted by Crippen LogP contribution is 2.38. The predicted molar refractivity (Wildman–Crippen MR) is 96.9 cm³/mol. The molecule has 0 aromatic carbocycles. The number of ether oxygens (including phenoxy) is 1. The minimum absolute atomic E-state index is 0.121. The summed E-state index contributed by atoms with van der Waals surface area (Å²) in [5.74, 6) is 1.83. The van der Waals surface area contributed by atoms with Crippen LogP contribution in [0.15, 0.2) is 47.5 Å². The van der Waals surface area contributed by atoms with Crippen LogP contribution in [0.1, 0.15) is 30.5 Å². The van der Waals surface area contributed by atoms with Gasteiger partial charge in [0, 0.05) is 24.4 Å². The van der Waals surface area contributed by atoms with Crippen LogP contribution in [-0.4, -0.2) is 49.0 Å². The average molecular weight is 365 g/mol. The lowest BCUT2D eigenvalue weighted by atomic mass is 10.1. The largest absolute Gasteiger partial charge is 0.377 e. The van der Waals surface area contributed by atoms with Gasteiger partial charge in [0.05, 0.1) is 24.9 Å². The summed E-state index contributed by atoms with van der Waals surface area (Å²) in [4.78, 5) is 12.4. The number of rotatable bonds is 5. The Kier molecular flexibility index (Phi) is 3.93. The summed E-state index contributed by atoms with van der Waals surface area (Å²) in [6.45, 7) is 0.873. The first-order valence-corrected chi connectivity index (χ1v) is 9.06. The molecule has 1 N–H and O–H groups in total. The topological polar surface area (TPSA) is 99.8 Å². The van der Waals surface area contributed by atoms with E-state index in [9.17, 15) is 4.79 Å². The Labute approximate surface area is 155 Å². The molecule has 27 heavy (non-hydrogen) atoms. The molecule has 0 radical (unpaired) electrons. The Morgan fingerprint density at radius 1 is 1.11 bits per heavy atom. The second-order valence-electron chi connectivity index (χ2n) is 6.90. The molecule has 5 rings (SSSR count). The molecule has 1 aliphatic heterocycles. The smallest absolute Gasteiger partial charge is 0.267 e. The Balaban J connectivity index is 1.39. The molecule has 0 amide bonds. The lowest BCUT2D eigenvalue weighted by Gasteiger charge is -2.21. The first kappa shape index (κ1) is 16.1. The summed E-state index contributed by atoms with van der Waals surface area (Å²) in [5.41, 5.74) is 0.868. The zero-order valence-corrected chi connectivity index (χ0v) is 14.6. The standard InChI is InChI=1S/C18H19N7O2/c26-18-7-6-17(24-9-1-8-19-24)23-25(18)15-11-27-10-14(15)20-16-5-4-13(21-22-16)12-2-3-12/h1,4-9,12,14-15H,2-3,10-11H2,(H,20,22). The number of hydrogen-bond acceptors (Lipinski definition) is 7. The van der Waals surface area contributed by atoms with Gasteiger partial charge < -0.3 is 10.1 Å². The average Bonchev–Trinajstić information content (AvgIpc) is 3.20. The van der Waals surface area contributed by atoms with Crippen LogP contribution in [0.4, 0.5) is 5.82 Å². The van der Waals surface area contributed by atoms with E-state index in [0.717, 1.165) is 5.69 Å². The zero-order chi connectivity index (χ0) is 18.2. The van der Waals surface area contributed by atoms with Crippen LogP contribution < -0.4 is 10.9 Å². The van der Waals surface area contributed by atoms with Crippen molar-refractivity contribution >= 4 is 5.82 Å². The van der Waals surface area contributed by atoms with E-state index in [2.05, 4.69) is 25.7 Å². The summed E-state index contributed by atoms with van der Waals surface area (Å²) >= 11 is 0. The van der Waals surface area contributed by atoms with Crippen LogP contribution in [0.5, 0.6) is 0 Å². The molecule has 3 aromatic heterocycles. The molecule has 138 valence electrons. The fourth-order valence-corrected chi connectivity index (χ4v) is 3.31. The molecule has 0 bridgehead atoms. The Bertz CT molecular complexity index is 980. The molecule has 1 aliphatic carbocycles. The van der Waals surface area contributed by atoms with Gasteiger partial charge in [-0.15, -0.1) is 10.2 Å². The lowest BCUT2D eigenvalue weighted by molar-refractivity contribution is 0.182. The van der Waals surface area contributed by atoms with E-state index in [1.807, 2.05) is 18.2 Å². The lowest BCUT2D eigenvalue weighted by Crippen LogP contribution is -2.37. The molecule has 4 heterocycles. The molecule has 0 spiro atoms. The molecule has 9 nitrogen and oxygen atoms in total. The zero-order valence-electron chi connectivity index (χ0n) is 14.6. The highest BCUT2D eigenvalue weighted by molar-refractivity contribution is 5.36. The van der Waals surface area contributed by atoms with Crippen LogP contribution in [0.3, 0.4) is 0 Å². The Morgan fingerprint density at radius 2 is 2.04 bits per heavy atom. The van der Waals surface area contributed by atoms with Gasteiger partial charge in [0.25, 0.3) is 5.56 Å². The monoisotopic (exact) mass is 365 g/mol. The second kappa shape index (κ2) is 6.58. The van der Waals surface area contributed by atoms with Crippen molar-refractivity contribution in [1.29, 1.82) is 0 Å². The number of nitrogens with zero attached hydrogens (tertiary/aromatic N) is 6. The maximum absolute atomic E-state index is 12.4. The van der Waals surface area contributed by atoms with Crippen molar-refractivity contribution in [1.82, 2.24) is 29.8 Å². The summed E-state index contributed by atoms with van der Waals surface area (Å²) in [6, 6.07) is 8.56. The summed E-state index contributed by atoms with van der Waals surface area (Å²) in [5, 5.41) is 20.6. The minimum Gasteiger partial charge on any atom is -0.377 e. The summed E-state index contributed by atoms with van der Waals surface area (Å²) in [7, 11) is 0. The van der Waals surface area contributed by atoms with Crippen LogP contribution in [0.2, 0.25) is 0 Å². The van der Waals surface area contributed by atoms with Crippen molar-refractivity contribution in [2.75, 3.05) is 18.5 Å². The Morgan fingerprint density at radius 3 is 2.78 bits per heavy atom. The van der Waals surface area contributed by atoms with Gasteiger partial charge in [0.2, 0.25) is 0 Å². The molecular weight excluding hydrogens is 346 g/mol. The van der Waals surface area contributed by atoms with Crippen molar-refractivity contribution in [3.8, 4) is 5.82 Å². The predicted octanol–water partition coefficient (Wildman–Crippen LogP) is 1.15. The van der Waals surface area contributed by atoms with Gasteiger partial charge in [-0.25, -0.2) is 9.36 Å². The van der Waals surface area contributed by atoms with Crippen molar-refractivity contribution in [3.05, 3.63) is 58.8 Å². The third-order valence-electron chi connectivity index (χ3n) is 4.93. The van der Waals surface area contributed by atoms with Crippen molar-refractivity contribution < 1.29 is 4.74 Å². The van der Waals surface area contributed by atoms with E-state index in [1.54, 1.807) is 23.1 Å². The van der Waals surface area contributed by atoms with Gasteiger partial charge in [-0.05, 0) is 37.1 Å². The van der Waals surface area contributed by atoms with E-state index in [1.165, 1.54) is 23.6 Å². The molecule has 2 fully saturated rings. The molecule has 9 heteroatoms. The molecular formula is C18H19N7O2. The van der Waals surface area contributed by atoms with Crippen molar-refractivity contribution in [3.63, 3.8) is 0 Å². The van der Waals surface area contributed by atoms with E-state index < -0.39 is 0 Å². The summed E-state index contributed by atoms with van der Waals surface area (Å²) in [6.07, 6.45) is 5.85. The van der Waals surface area contributed by atoms with Crippen LogP contribution in [0, 0.1) is 0 Å². The second-order valence-corrected chi connectivity index (χ2v) is 6.90. The summed E-state index contributed by atoms with van der Waals surface area (Å²) < 4.78 is 8.71. The maximum atomic E-state index is 12.4. The number of aromatic nitrogens is 6. The molecule has 3 aromatic rings. The Hall–Kier alpha value is -3.07. The van der Waals surface area contributed by atoms with E-state index in [0.29, 0.717) is 30.8 Å². The van der Waals surface area contributed by atoms with Gasteiger partial charge in [0.1, 0.15) is 11.9 Å². The van der Waals surface area contributed by atoms with Crippen LogP contribution in [-0.2, 0) is 4.74 Å². The molecule has 2 aliphatic rings. The SMILES string of the molecule is O=c1ccc(-n2cccn2)nn1C1COCC1Nc1ccc(C2CC2)nn1. The number of anilines is 1. The third kappa shape index (κ3) is 3.21. The van der Waals surface area contributed by atoms with Gasteiger partial charge in [0.15, 0.2) is 5.82 Å².